The average Bonchev–Trinajstić information content (AvgIpc) is 3.02. The molecule has 1 heterocycles. The topological polar surface area (TPSA) is 12.0 Å². The summed E-state index contributed by atoms with van der Waals surface area (Å²) in [5, 5.41) is 5.48. The first-order valence-electron chi connectivity index (χ1n) is 7.25. The fourth-order valence-corrected chi connectivity index (χ4v) is 3.43. The minimum absolute atomic E-state index is 0.164. The van der Waals surface area contributed by atoms with Crippen molar-refractivity contribution in [3.05, 3.63) is 59.7 Å². The van der Waals surface area contributed by atoms with Crippen LogP contribution in [-0.2, 0) is 5.67 Å². The van der Waals surface area contributed by atoms with Crippen LogP contribution in [0.25, 0.3) is 0 Å². The molecule has 1 fully saturated rings. The smallest absolute Gasteiger partial charge is 0.176 e. The first-order chi connectivity index (χ1) is 10.1. The molecule has 1 nitrogen and oxygen atoms in total. The average molecular weight is 319 g/mol. The Labute approximate surface area is 130 Å². The molecule has 0 bridgehead atoms. The van der Waals surface area contributed by atoms with Crippen molar-refractivity contribution in [3.63, 3.8) is 0 Å². The number of halogens is 1. The Morgan fingerprint density at radius 3 is 1.76 bits per heavy atom. The van der Waals surface area contributed by atoms with Gasteiger partial charge in [0, 0.05) is 6.04 Å². The van der Waals surface area contributed by atoms with Gasteiger partial charge in [-0.3, -0.25) is 0 Å². The molecule has 0 spiro atoms. The summed E-state index contributed by atoms with van der Waals surface area (Å²) in [6.45, 7) is 0.889. The van der Waals surface area contributed by atoms with Crippen LogP contribution in [0.5, 0.6) is 0 Å². The summed E-state index contributed by atoms with van der Waals surface area (Å²) in [4.78, 5) is 0. The molecule has 2 aromatic rings. The lowest BCUT2D eigenvalue weighted by molar-refractivity contribution is 0.163. The first kappa shape index (κ1) is 15.1. The summed E-state index contributed by atoms with van der Waals surface area (Å²) in [6.07, 6.45) is 1.89. The summed E-state index contributed by atoms with van der Waals surface area (Å²) < 4.78 is 16.1. The van der Waals surface area contributed by atoms with Gasteiger partial charge in [-0.15, -0.1) is 18.5 Å². The summed E-state index contributed by atoms with van der Waals surface area (Å²) in [5.41, 5.74) is -0.0260. The van der Waals surface area contributed by atoms with E-state index in [4.69, 9.17) is 0 Å². The Hall–Kier alpha value is -0.810. The third kappa shape index (κ3) is 2.90. The van der Waals surface area contributed by atoms with Gasteiger partial charge in [-0.1, -0.05) is 48.5 Å². The van der Waals surface area contributed by atoms with Crippen molar-refractivity contribution < 1.29 is 4.39 Å². The molecule has 0 aromatic heterocycles. The monoisotopic (exact) mass is 319 g/mol. The zero-order chi connectivity index (χ0) is 14.9. The molecule has 1 aliphatic heterocycles. The number of alkyl halides is 1. The molecule has 21 heavy (non-hydrogen) atoms. The van der Waals surface area contributed by atoms with Gasteiger partial charge in [0.05, 0.1) is 0 Å². The number of rotatable bonds is 3. The van der Waals surface area contributed by atoms with Gasteiger partial charge in [-0.05, 0) is 41.1 Å². The fraction of sp³-hybridized carbons (Fsp3) is 0.294. The van der Waals surface area contributed by atoms with E-state index in [0.717, 1.165) is 41.1 Å². The van der Waals surface area contributed by atoms with Gasteiger partial charge in [0.15, 0.2) is 5.67 Å². The summed E-state index contributed by atoms with van der Waals surface area (Å²) in [6, 6.07) is 15.2. The van der Waals surface area contributed by atoms with E-state index >= 15 is 4.39 Å². The molecule has 1 saturated heterocycles. The van der Waals surface area contributed by atoms with Gasteiger partial charge in [-0.25, -0.2) is 4.39 Å². The molecule has 110 valence electrons. The predicted molar refractivity (Wildman–Crippen MR) is 94.5 cm³/mol. The van der Waals surface area contributed by atoms with Crippen LogP contribution in [0.2, 0.25) is 0 Å². The molecule has 0 radical (unpaired) electrons. The fourth-order valence-electron chi connectivity index (χ4n) is 3.04. The van der Waals surface area contributed by atoms with Gasteiger partial charge in [0.2, 0.25) is 0 Å². The summed E-state index contributed by atoms with van der Waals surface area (Å²) >= 11 is 0. The Morgan fingerprint density at radius 1 is 0.905 bits per heavy atom. The maximum Gasteiger partial charge on any atom is 0.176 e. The van der Waals surface area contributed by atoms with Crippen LogP contribution < -0.4 is 15.9 Å². The highest BCUT2D eigenvalue weighted by Crippen LogP contribution is 2.40. The minimum atomic E-state index is -1.48. The largest absolute Gasteiger partial charge is 0.310 e. The van der Waals surface area contributed by atoms with Gasteiger partial charge in [0.25, 0.3) is 0 Å². The first-order valence-corrected chi connectivity index (χ1v) is 8.40. The maximum atomic E-state index is 16.1. The van der Waals surface area contributed by atoms with Crippen LogP contribution in [0.15, 0.2) is 48.5 Å². The zero-order valence-electron chi connectivity index (χ0n) is 11.9. The third-order valence-corrected chi connectivity index (χ3v) is 4.97. The van der Waals surface area contributed by atoms with Crippen molar-refractivity contribution in [2.45, 2.75) is 24.6 Å². The van der Waals surface area contributed by atoms with Crippen LogP contribution >= 0.6 is 18.5 Å². The summed E-state index contributed by atoms with van der Waals surface area (Å²) in [5.74, 6) is 0. The summed E-state index contributed by atoms with van der Waals surface area (Å²) in [7, 11) is 5.29. The minimum Gasteiger partial charge on any atom is -0.310 e. The van der Waals surface area contributed by atoms with Crippen LogP contribution in [0.3, 0.4) is 0 Å². The lowest BCUT2D eigenvalue weighted by atomic mass is 9.81. The molecule has 0 aliphatic carbocycles. The van der Waals surface area contributed by atoms with E-state index in [2.05, 4.69) is 23.8 Å². The SMILES string of the molecule is FC(c1ccc(P)cc1)(c1ccc(P)cc1)C1CCCN1. The van der Waals surface area contributed by atoms with E-state index in [0.29, 0.717) is 0 Å². The molecule has 2 aromatic carbocycles. The number of hydrogen-bond donors (Lipinski definition) is 1. The normalized spacial score (nSPS) is 18.9. The lowest BCUT2D eigenvalue weighted by Gasteiger charge is -2.33. The van der Waals surface area contributed by atoms with Gasteiger partial charge in [-0.2, -0.15) is 0 Å². The number of nitrogens with one attached hydrogen (secondary N) is 1. The van der Waals surface area contributed by atoms with Gasteiger partial charge >= 0.3 is 0 Å². The van der Waals surface area contributed by atoms with Crippen molar-refractivity contribution in [2.75, 3.05) is 6.54 Å². The highest BCUT2D eigenvalue weighted by Gasteiger charge is 2.43. The van der Waals surface area contributed by atoms with E-state index in [9.17, 15) is 0 Å². The molecular formula is C17H20FNP2. The van der Waals surface area contributed by atoms with E-state index < -0.39 is 5.67 Å². The molecule has 0 saturated carbocycles. The molecule has 3 unspecified atom stereocenters. The van der Waals surface area contributed by atoms with Crippen molar-refractivity contribution in [3.8, 4) is 0 Å². The molecule has 0 amide bonds. The molecule has 1 N–H and O–H groups in total. The van der Waals surface area contributed by atoms with Gasteiger partial charge < -0.3 is 5.32 Å². The molecular weight excluding hydrogens is 299 g/mol. The van der Waals surface area contributed by atoms with Crippen LogP contribution in [0, 0.1) is 0 Å². The quantitative estimate of drug-likeness (QED) is 0.858. The standard InChI is InChI=1S/C17H20FNP2/c18-17(16-2-1-11-19-16,12-3-7-14(20)8-4-12)13-5-9-15(21)10-6-13/h3-10,16,19H,1-2,11,20-21H2. The number of benzene rings is 2. The molecule has 4 heteroatoms. The Morgan fingerprint density at radius 2 is 1.38 bits per heavy atom. The Balaban J connectivity index is 2.09. The zero-order valence-corrected chi connectivity index (χ0v) is 14.2. The Kier molecular flexibility index (Phi) is 4.41. The van der Waals surface area contributed by atoms with Crippen molar-refractivity contribution in [2.24, 2.45) is 0 Å². The molecule has 1 aliphatic rings. The highest BCUT2D eigenvalue weighted by atomic mass is 31.0. The van der Waals surface area contributed by atoms with Crippen LogP contribution in [-0.4, -0.2) is 12.6 Å². The maximum absolute atomic E-state index is 16.1. The second-order valence-corrected chi connectivity index (χ2v) is 6.94. The van der Waals surface area contributed by atoms with Gasteiger partial charge in [0.1, 0.15) is 0 Å². The second-order valence-electron chi connectivity index (χ2n) is 5.60. The van der Waals surface area contributed by atoms with E-state index in [-0.39, 0.29) is 6.04 Å². The predicted octanol–water partition coefficient (Wildman–Crippen LogP) is 2.65. The highest BCUT2D eigenvalue weighted by molar-refractivity contribution is 7.27. The van der Waals surface area contributed by atoms with Crippen molar-refractivity contribution >= 4 is 29.1 Å². The molecule has 3 rings (SSSR count). The number of hydrogen-bond acceptors (Lipinski definition) is 1. The van der Waals surface area contributed by atoms with E-state index in [1.54, 1.807) is 0 Å². The Bertz CT molecular complexity index is 558. The third-order valence-electron chi connectivity index (χ3n) is 4.20. The van der Waals surface area contributed by atoms with E-state index in [1.807, 2.05) is 48.5 Å². The van der Waals surface area contributed by atoms with Crippen LogP contribution in [0.1, 0.15) is 24.0 Å². The van der Waals surface area contributed by atoms with E-state index in [1.165, 1.54) is 0 Å². The second kappa shape index (κ2) is 6.13. The van der Waals surface area contributed by atoms with Crippen molar-refractivity contribution in [1.82, 2.24) is 5.32 Å². The van der Waals surface area contributed by atoms with Crippen molar-refractivity contribution in [1.29, 1.82) is 0 Å². The lowest BCUT2D eigenvalue weighted by Crippen LogP contribution is -2.43. The van der Waals surface area contributed by atoms with Crippen LogP contribution in [0.4, 0.5) is 4.39 Å². The molecule has 3 atom stereocenters.